The van der Waals surface area contributed by atoms with Gasteiger partial charge in [-0.2, -0.15) is 0 Å². The van der Waals surface area contributed by atoms with Crippen molar-refractivity contribution >= 4 is 34.9 Å². The highest BCUT2D eigenvalue weighted by molar-refractivity contribution is 7.09. The van der Waals surface area contributed by atoms with E-state index in [1.54, 1.807) is 33.2 Å². The maximum absolute atomic E-state index is 13.0. The number of aromatic nitrogens is 2. The molecule has 198 valence electrons. The molecular formula is C27H29N5O4S2. The summed E-state index contributed by atoms with van der Waals surface area (Å²) in [7, 11) is 0. The quantitative estimate of drug-likeness (QED) is 0.266. The fourth-order valence-electron chi connectivity index (χ4n) is 3.71. The van der Waals surface area contributed by atoms with Crippen LogP contribution in [0, 0.1) is 0 Å². The number of amides is 2. The molecule has 4 aromatic rings. The van der Waals surface area contributed by atoms with E-state index in [0.29, 0.717) is 13.1 Å². The third-order valence-electron chi connectivity index (χ3n) is 5.50. The third-order valence-corrected chi connectivity index (χ3v) is 7.01. The van der Waals surface area contributed by atoms with Crippen LogP contribution in [0.1, 0.15) is 20.9 Å². The van der Waals surface area contributed by atoms with Crippen molar-refractivity contribution in [1.82, 2.24) is 19.8 Å². The summed E-state index contributed by atoms with van der Waals surface area (Å²) >= 11 is 2.84. The number of benzene rings is 2. The summed E-state index contributed by atoms with van der Waals surface area (Å²) in [6, 6.07) is 18.7. The van der Waals surface area contributed by atoms with E-state index >= 15 is 0 Å². The van der Waals surface area contributed by atoms with Gasteiger partial charge < -0.3 is 25.0 Å². The number of carbonyl (C=O) groups excluding carboxylic acids is 2. The van der Waals surface area contributed by atoms with Crippen molar-refractivity contribution in [2.45, 2.75) is 32.3 Å². The minimum Gasteiger partial charge on any atom is -0.444 e. The highest BCUT2D eigenvalue weighted by Gasteiger charge is 2.24. The van der Waals surface area contributed by atoms with Crippen molar-refractivity contribution in [2.24, 2.45) is 5.73 Å². The van der Waals surface area contributed by atoms with Crippen LogP contribution in [0.25, 0.3) is 0 Å². The molecule has 2 heterocycles. The van der Waals surface area contributed by atoms with E-state index in [2.05, 4.69) is 9.97 Å². The molecule has 0 unspecified atom stereocenters. The average molecular weight is 552 g/mol. The molecule has 0 saturated heterocycles. The first-order valence-corrected chi connectivity index (χ1v) is 13.7. The van der Waals surface area contributed by atoms with E-state index in [1.807, 2.05) is 60.7 Å². The van der Waals surface area contributed by atoms with Crippen LogP contribution in [0.2, 0.25) is 0 Å². The Hall–Kier alpha value is -3.80. The molecule has 0 radical (unpaired) electrons. The summed E-state index contributed by atoms with van der Waals surface area (Å²) in [4.78, 5) is 38.9. The summed E-state index contributed by atoms with van der Waals surface area (Å²) in [5.74, 6) is 0. The lowest BCUT2D eigenvalue weighted by molar-refractivity contribution is 0.0812. The predicted octanol–water partition coefficient (Wildman–Crippen LogP) is 4.90. The van der Waals surface area contributed by atoms with Crippen molar-refractivity contribution in [3.63, 3.8) is 0 Å². The van der Waals surface area contributed by atoms with Crippen molar-refractivity contribution < 1.29 is 19.1 Å². The fraction of sp³-hybridized carbons (Fsp3) is 0.259. The Bertz CT molecular complexity index is 1140. The molecule has 2 N–H and O–H groups in total. The number of carbonyl (C=O) groups is 2. The normalized spacial score (nSPS) is 10.8. The van der Waals surface area contributed by atoms with E-state index in [9.17, 15) is 9.59 Å². The molecule has 2 aromatic heterocycles. The van der Waals surface area contributed by atoms with E-state index in [1.165, 1.54) is 22.7 Å². The number of ether oxygens (including phenoxy) is 2. The third kappa shape index (κ3) is 8.65. The molecule has 2 amide bonds. The van der Waals surface area contributed by atoms with Crippen LogP contribution >= 0.6 is 22.7 Å². The van der Waals surface area contributed by atoms with Crippen LogP contribution in [-0.4, -0.2) is 51.1 Å². The summed E-state index contributed by atoms with van der Waals surface area (Å²) in [5.41, 5.74) is 11.8. The Labute approximate surface area is 229 Å². The zero-order valence-corrected chi connectivity index (χ0v) is 22.4. The van der Waals surface area contributed by atoms with Crippen molar-refractivity contribution in [1.29, 1.82) is 0 Å². The van der Waals surface area contributed by atoms with Gasteiger partial charge in [0.25, 0.3) is 0 Å². The lowest BCUT2D eigenvalue weighted by Crippen LogP contribution is -2.48. The first-order valence-electron chi connectivity index (χ1n) is 12.0. The van der Waals surface area contributed by atoms with Crippen LogP contribution < -0.4 is 5.73 Å². The number of nitrogens with two attached hydrogens (primary N) is 1. The van der Waals surface area contributed by atoms with Crippen LogP contribution in [-0.2, 0) is 35.8 Å². The number of hydrogen-bond acceptors (Lipinski definition) is 9. The number of rotatable bonds is 12. The molecule has 0 fully saturated rings. The maximum atomic E-state index is 13.0. The topological polar surface area (TPSA) is 111 Å². The molecular weight excluding hydrogens is 522 g/mol. The van der Waals surface area contributed by atoms with Crippen LogP contribution in [0.4, 0.5) is 9.59 Å². The zero-order chi connectivity index (χ0) is 26.6. The van der Waals surface area contributed by atoms with E-state index in [0.717, 1.165) is 20.9 Å². The minimum atomic E-state index is -0.547. The predicted molar refractivity (Wildman–Crippen MR) is 146 cm³/mol. The lowest BCUT2D eigenvalue weighted by atomic mass is 10.2. The van der Waals surface area contributed by atoms with E-state index in [4.69, 9.17) is 15.2 Å². The van der Waals surface area contributed by atoms with E-state index < -0.39 is 18.2 Å². The van der Waals surface area contributed by atoms with Gasteiger partial charge in [0.15, 0.2) is 0 Å². The Morgan fingerprint density at radius 1 is 0.737 bits per heavy atom. The summed E-state index contributed by atoms with van der Waals surface area (Å²) in [6.45, 7) is 1.28. The molecule has 0 atom stereocenters. The monoisotopic (exact) mass is 551 g/mol. The summed E-state index contributed by atoms with van der Waals surface area (Å²) in [6.07, 6.45) is 2.37. The highest BCUT2D eigenvalue weighted by atomic mass is 32.1. The lowest BCUT2D eigenvalue weighted by Gasteiger charge is -2.29. The van der Waals surface area contributed by atoms with Gasteiger partial charge in [-0.05, 0) is 11.1 Å². The largest absolute Gasteiger partial charge is 0.444 e. The number of nitrogens with zero attached hydrogens (tertiary/aromatic N) is 4. The molecule has 0 aliphatic rings. The number of thiazole rings is 2. The molecule has 0 aliphatic heterocycles. The summed E-state index contributed by atoms with van der Waals surface area (Å²) in [5, 5.41) is 0. The van der Waals surface area contributed by atoms with Gasteiger partial charge in [0, 0.05) is 44.6 Å². The standard InChI is InChI=1S/C27H29N5O4S2/c28-23(15-31(13-21-7-3-1-4-8-21)26(33)35-17-24-11-29-19-37-24)16-32(14-22-9-5-2-6-10-22)27(34)36-18-25-12-30-20-38-25/h1-12,19-20,23H,13-18,28H2. The second-order valence-corrected chi connectivity index (χ2v) is 10.5. The van der Waals surface area contributed by atoms with Crippen molar-refractivity contribution in [3.05, 3.63) is 105 Å². The zero-order valence-electron chi connectivity index (χ0n) is 20.7. The fourth-order valence-corrected chi connectivity index (χ4v) is 4.73. The van der Waals surface area contributed by atoms with Crippen LogP contribution in [0.5, 0.6) is 0 Å². The minimum absolute atomic E-state index is 0.133. The second-order valence-electron chi connectivity index (χ2n) is 8.54. The average Bonchev–Trinajstić information content (AvgIpc) is 3.65. The van der Waals surface area contributed by atoms with Gasteiger partial charge in [0.2, 0.25) is 0 Å². The van der Waals surface area contributed by atoms with Crippen molar-refractivity contribution in [3.8, 4) is 0 Å². The van der Waals surface area contributed by atoms with E-state index in [-0.39, 0.29) is 26.3 Å². The Kier molecular flexibility index (Phi) is 10.2. The van der Waals surface area contributed by atoms with Gasteiger partial charge in [-0.3, -0.25) is 9.97 Å². The molecule has 9 nitrogen and oxygen atoms in total. The first-order chi connectivity index (χ1) is 18.6. The Morgan fingerprint density at radius 2 is 1.16 bits per heavy atom. The first kappa shape index (κ1) is 27.2. The SMILES string of the molecule is NC(CN(Cc1ccccc1)C(=O)OCc1cncs1)CN(Cc1ccccc1)C(=O)OCc1cncs1. The molecule has 0 saturated carbocycles. The van der Waals surface area contributed by atoms with Crippen LogP contribution in [0.3, 0.4) is 0 Å². The molecule has 0 aliphatic carbocycles. The van der Waals surface area contributed by atoms with Gasteiger partial charge >= 0.3 is 12.2 Å². The van der Waals surface area contributed by atoms with Crippen LogP contribution in [0.15, 0.2) is 84.1 Å². The van der Waals surface area contributed by atoms with Gasteiger partial charge in [0.1, 0.15) is 13.2 Å². The van der Waals surface area contributed by atoms with Gasteiger partial charge in [0.05, 0.1) is 20.8 Å². The molecule has 0 spiro atoms. The Morgan fingerprint density at radius 3 is 1.53 bits per heavy atom. The molecule has 2 aromatic carbocycles. The maximum Gasteiger partial charge on any atom is 0.410 e. The molecule has 4 rings (SSSR count). The molecule has 38 heavy (non-hydrogen) atoms. The van der Waals surface area contributed by atoms with Gasteiger partial charge in [-0.25, -0.2) is 9.59 Å². The molecule has 11 heteroatoms. The van der Waals surface area contributed by atoms with Crippen molar-refractivity contribution in [2.75, 3.05) is 13.1 Å². The van der Waals surface area contributed by atoms with Gasteiger partial charge in [-0.15, -0.1) is 22.7 Å². The highest BCUT2D eigenvalue weighted by Crippen LogP contribution is 2.14. The Balaban J connectivity index is 1.42. The summed E-state index contributed by atoms with van der Waals surface area (Å²) < 4.78 is 11.1. The smallest absolute Gasteiger partial charge is 0.410 e. The second kappa shape index (κ2) is 14.2. The number of hydrogen-bond donors (Lipinski definition) is 1. The van der Waals surface area contributed by atoms with Gasteiger partial charge in [-0.1, -0.05) is 60.7 Å². The molecule has 0 bridgehead atoms.